The number of aliphatic hydroxyl groups is 2. The Balaban J connectivity index is 2.00. The van der Waals surface area contributed by atoms with E-state index in [2.05, 4.69) is 9.97 Å². The van der Waals surface area contributed by atoms with Gasteiger partial charge in [-0.1, -0.05) is 0 Å². The molecule has 0 radical (unpaired) electrons. The van der Waals surface area contributed by atoms with Gasteiger partial charge in [0.05, 0.1) is 64.1 Å². The summed E-state index contributed by atoms with van der Waals surface area (Å²) in [6.07, 6.45) is -1.58. The average Bonchev–Trinajstić information content (AvgIpc) is 3.74. The van der Waals surface area contributed by atoms with Crippen LogP contribution in [0.25, 0.3) is 33.2 Å². The van der Waals surface area contributed by atoms with E-state index < -0.39 is 47.9 Å². The molecule has 0 saturated carbocycles. The number of hydrogen-bond donors (Lipinski definition) is 4. The van der Waals surface area contributed by atoms with Crippen molar-refractivity contribution >= 4 is 57.1 Å². The van der Waals surface area contributed by atoms with E-state index in [-0.39, 0.29) is 37.1 Å². The van der Waals surface area contributed by atoms with Crippen LogP contribution in [-0.2, 0) is 62.2 Å². The number of H-pyrrole nitrogens is 2. The number of allylic oxidation sites excluding steroid dienone is 2. The predicted octanol–water partition coefficient (Wildman–Crippen LogP) is 4.30. The molecule has 0 amide bonds. The van der Waals surface area contributed by atoms with Gasteiger partial charge in [0, 0.05) is 34.9 Å². The summed E-state index contributed by atoms with van der Waals surface area (Å²) in [5, 5.41) is 25.2. The third-order valence-corrected chi connectivity index (χ3v) is 10.3. The van der Waals surface area contributed by atoms with Gasteiger partial charge in [0.1, 0.15) is 5.60 Å². The topological polar surface area (TPSA) is 203 Å². The second-order valence-corrected chi connectivity index (χ2v) is 13.1. The number of aromatic amines is 2. The lowest BCUT2D eigenvalue weighted by atomic mass is 9.75. The van der Waals surface area contributed by atoms with Crippen LogP contribution in [0.2, 0.25) is 0 Å². The van der Waals surface area contributed by atoms with Crippen molar-refractivity contribution < 1.29 is 48.3 Å². The number of aryl methyl sites for hydroxylation is 3. The Kier molecular flexibility index (Phi) is 10.7. The lowest BCUT2D eigenvalue weighted by Gasteiger charge is -2.37. The summed E-state index contributed by atoms with van der Waals surface area (Å²) < 4.78 is 19.8. The van der Waals surface area contributed by atoms with Gasteiger partial charge in [-0.2, -0.15) is 0 Å². The Hall–Kier alpha value is -5.34. The molecule has 5 rings (SSSR count). The highest BCUT2D eigenvalue weighted by molar-refractivity contribution is 5.92. The Morgan fingerprint density at radius 1 is 0.615 bits per heavy atom. The Morgan fingerprint density at radius 2 is 1.10 bits per heavy atom. The zero-order valence-electron chi connectivity index (χ0n) is 30.6. The smallest absolute Gasteiger partial charge is 0.310 e. The van der Waals surface area contributed by atoms with E-state index >= 15 is 0 Å². The van der Waals surface area contributed by atoms with E-state index in [0.717, 1.165) is 34.9 Å². The molecule has 4 N–H and O–H groups in total. The molecule has 2 atom stereocenters. The fraction of sp³-hybridized carbons (Fsp3) is 0.421. The number of rotatable bonds is 10. The molecule has 2 aliphatic rings. The normalized spacial score (nSPS) is 18.3. The quantitative estimate of drug-likeness (QED) is 0.171. The standard InChI is InChI=1S/C38H44N4O10/c1-19-20(2)27-15-29-24(13-35(45)51-7)23(9-10-33(43)49-5)30(41-29)17-31-37(47,12-11-34(44)50-6)38(48,18-36(46)52-8)32(42-31)16-28-22(4)21(3)26(40-28)14-25(19)39-27/h14-17,40-41,47-48H,9-13,18H2,1-8H3/t37-,38+/m1/s1. The number of ether oxygens (including phenoxy) is 4. The third-order valence-electron chi connectivity index (χ3n) is 10.3. The fourth-order valence-electron chi connectivity index (χ4n) is 6.72. The number of nitrogens with one attached hydrogen (secondary N) is 2. The Labute approximate surface area is 300 Å². The highest BCUT2D eigenvalue weighted by Gasteiger charge is 2.58. The molecule has 14 nitrogen and oxygen atoms in total. The van der Waals surface area contributed by atoms with Crippen molar-refractivity contribution in [1.29, 1.82) is 0 Å². The molecular weight excluding hydrogens is 672 g/mol. The molecule has 0 fully saturated rings. The third kappa shape index (κ3) is 6.83. The minimum atomic E-state index is -2.39. The maximum absolute atomic E-state index is 12.9. The van der Waals surface area contributed by atoms with Crippen LogP contribution in [0.4, 0.5) is 0 Å². The van der Waals surface area contributed by atoms with Crippen LogP contribution in [0.5, 0.6) is 0 Å². The van der Waals surface area contributed by atoms with Crippen molar-refractivity contribution in [3.05, 3.63) is 69.3 Å². The van der Waals surface area contributed by atoms with Gasteiger partial charge in [-0.05, 0) is 98.2 Å². The molecule has 3 aromatic heterocycles. The van der Waals surface area contributed by atoms with Crippen LogP contribution < -0.4 is 0 Å². The molecule has 8 bridgehead atoms. The maximum Gasteiger partial charge on any atom is 0.310 e. The molecule has 14 heteroatoms. The van der Waals surface area contributed by atoms with Gasteiger partial charge in [-0.15, -0.1) is 0 Å². The molecule has 3 aromatic rings. The molecule has 52 heavy (non-hydrogen) atoms. The molecule has 0 unspecified atom stereocenters. The van der Waals surface area contributed by atoms with Crippen molar-refractivity contribution in [2.24, 2.45) is 0 Å². The van der Waals surface area contributed by atoms with E-state index in [0.29, 0.717) is 39.1 Å². The zero-order valence-corrected chi connectivity index (χ0v) is 30.6. The van der Waals surface area contributed by atoms with Gasteiger partial charge >= 0.3 is 23.9 Å². The van der Waals surface area contributed by atoms with Gasteiger partial charge in [-0.3, -0.25) is 24.2 Å². The number of carbonyl (C=O) groups is 4. The van der Waals surface area contributed by atoms with E-state index in [1.54, 1.807) is 12.1 Å². The van der Waals surface area contributed by atoms with Crippen LogP contribution in [0.1, 0.15) is 84.6 Å². The molecule has 0 aliphatic carbocycles. The first-order valence-corrected chi connectivity index (χ1v) is 16.7. The van der Waals surface area contributed by atoms with Crippen LogP contribution in [0, 0.1) is 13.8 Å². The van der Waals surface area contributed by atoms with Crippen molar-refractivity contribution in [1.82, 2.24) is 19.9 Å². The first-order chi connectivity index (χ1) is 24.6. The van der Waals surface area contributed by atoms with Crippen LogP contribution in [0.3, 0.4) is 0 Å². The number of esters is 4. The molecule has 276 valence electrons. The summed E-state index contributed by atoms with van der Waals surface area (Å²) in [6.45, 7) is 7.75. The van der Waals surface area contributed by atoms with Gasteiger partial charge in [-0.25, -0.2) is 4.98 Å². The number of carbonyl (C=O) groups excluding carboxylic acids is 4. The predicted molar refractivity (Wildman–Crippen MR) is 190 cm³/mol. The lowest BCUT2D eigenvalue weighted by molar-refractivity contribution is -0.183. The molecule has 0 aromatic carbocycles. The summed E-state index contributed by atoms with van der Waals surface area (Å²) >= 11 is 0. The second kappa shape index (κ2) is 14.7. The van der Waals surface area contributed by atoms with Crippen molar-refractivity contribution in [3.63, 3.8) is 0 Å². The number of nitrogens with zero attached hydrogens (tertiary/aromatic N) is 2. The van der Waals surface area contributed by atoms with Crippen molar-refractivity contribution in [2.75, 3.05) is 28.4 Å². The minimum Gasteiger partial charge on any atom is -0.469 e. The van der Waals surface area contributed by atoms with Crippen molar-refractivity contribution in [2.45, 2.75) is 77.4 Å². The Morgan fingerprint density at radius 3 is 1.69 bits per heavy atom. The van der Waals surface area contributed by atoms with Crippen LogP contribution in [0.15, 0.2) is 24.3 Å². The van der Waals surface area contributed by atoms with Crippen molar-refractivity contribution in [3.8, 4) is 0 Å². The van der Waals surface area contributed by atoms with Crippen LogP contribution >= 0.6 is 0 Å². The molecule has 2 aliphatic heterocycles. The summed E-state index contributed by atoms with van der Waals surface area (Å²) in [5.74, 6) is -2.53. The SMILES string of the molecule is COC(=O)CCc1c(CC(=O)OC)c2cc3nc(cc4[nH]c(cc5nc(cc1[nH]2)[C@](O)(CCC(=O)OC)[C@]5(O)CC(=O)OC)c(C)c4C)C(C)=C3C. The minimum absolute atomic E-state index is 0.0568. The van der Waals surface area contributed by atoms with Crippen LogP contribution in [-0.4, -0.2) is 82.5 Å². The lowest BCUT2D eigenvalue weighted by Crippen LogP contribution is -2.48. The monoisotopic (exact) mass is 716 g/mol. The van der Waals surface area contributed by atoms with Gasteiger partial charge < -0.3 is 39.1 Å². The van der Waals surface area contributed by atoms with E-state index in [1.165, 1.54) is 27.4 Å². The van der Waals surface area contributed by atoms with E-state index in [4.69, 9.17) is 28.9 Å². The highest BCUT2D eigenvalue weighted by atomic mass is 16.5. The number of aromatic nitrogens is 4. The van der Waals surface area contributed by atoms with Gasteiger partial charge in [0.2, 0.25) is 0 Å². The molecule has 5 heterocycles. The number of fused-ring (bicyclic) bond motifs is 8. The average molecular weight is 717 g/mol. The summed E-state index contributed by atoms with van der Waals surface area (Å²) in [7, 11) is 4.91. The largest absolute Gasteiger partial charge is 0.469 e. The fourth-order valence-corrected chi connectivity index (χ4v) is 6.72. The Bertz CT molecular complexity index is 2160. The molecule has 0 spiro atoms. The van der Waals surface area contributed by atoms with Gasteiger partial charge in [0.25, 0.3) is 0 Å². The molecule has 0 saturated heterocycles. The number of methoxy groups -OCH3 is 4. The number of hydrogen-bond acceptors (Lipinski definition) is 12. The van der Waals surface area contributed by atoms with E-state index in [9.17, 15) is 29.4 Å². The molecular formula is C38H44N4O10. The summed E-state index contributed by atoms with van der Waals surface area (Å²) in [4.78, 5) is 67.1. The first kappa shape index (κ1) is 37.9. The summed E-state index contributed by atoms with van der Waals surface area (Å²) in [5.41, 5.74) is 3.20. The first-order valence-electron chi connectivity index (χ1n) is 16.7. The second-order valence-electron chi connectivity index (χ2n) is 13.1. The summed E-state index contributed by atoms with van der Waals surface area (Å²) in [6, 6.07) is 6.78. The van der Waals surface area contributed by atoms with Gasteiger partial charge in [0.15, 0.2) is 5.60 Å². The zero-order chi connectivity index (χ0) is 38.1. The highest BCUT2D eigenvalue weighted by Crippen LogP contribution is 2.49. The maximum atomic E-state index is 12.9. The van der Waals surface area contributed by atoms with E-state index in [1.807, 2.05) is 33.8 Å².